The summed E-state index contributed by atoms with van der Waals surface area (Å²) in [6.45, 7) is -0.393. The number of rotatable bonds is 4. The molecule has 1 atom stereocenters. The van der Waals surface area contributed by atoms with Crippen LogP contribution in [0.4, 0.5) is 8.78 Å². The number of benzene rings is 1. The van der Waals surface area contributed by atoms with Crippen LogP contribution in [0.2, 0.25) is 0 Å². The van der Waals surface area contributed by atoms with Crippen LogP contribution in [0.15, 0.2) is 18.2 Å². The molecule has 1 unspecified atom stereocenters. The molecule has 0 spiro atoms. The molecule has 0 amide bonds. The standard InChI is InChI=1S/C10H12F2O2/c11-9-2-1-3-10(12)8(9)5-4-7(14)6-13/h1-3,7,13-14H,4-6H2. The van der Waals surface area contributed by atoms with Gasteiger partial charge in [0.1, 0.15) is 11.6 Å². The summed E-state index contributed by atoms with van der Waals surface area (Å²) >= 11 is 0. The highest BCUT2D eigenvalue weighted by Crippen LogP contribution is 2.14. The molecule has 2 N–H and O–H groups in total. The topological polar surface area (TPSA) is 40.5 Å². The molecule has 0 aliphatic carbocycles. The molecular formula is C10H12F2O2. The van der Waals surface area contributed by atoms with Crippen molar-refractivity contribution in [2.75, 3.05) is 6.61 Å². The van der Waals surface area contributed by atoms with Crippen molar-refractivity contribution in [3.05, 3.63) is 35.4 Å². The van der Waals surface area contributed by atoms with Gasteiger partial charge in [0.05, 0.1) is 12.7 Å². The lowest BCUT2D eigenvalue weighted by molar-refractivity contribution is 0.0882. The van der Waals surface area contributed by atoms with E-state index in [1.54, 1.807) is 0 Å². The number of aliphatic hydroxyl groups excluding tert-OH is 2. The second kappa shape index (κ2) is 5.02. The van der Waals surface area contributed by atoms with Crippen LogP contribution >= 0.6 is 0 Å². The molecule has 0 fully saturated rings. The van der Waals surface area contributed by atoms with Crippen molar-refractivity contribution in [3.8, 4) is 0 Å². The summed E-state index contributed by atoms with van der Waals surface area (Å²) in [5.74, 6) is -1.23. The predicted molar refractivity (Wildman–Crippen MR) is 47.8 cm³/mol. The minimum atomic E-state index is -0.922. The molecule has 0 aliphatic heterocycles. The number of aliphatic hydroxyl groups is 2. The van der Waals surface area contributed by atoms with Crippen molar-refractivity contribution in [2.24, 2.45) is 0 Å². The molecule has 2 nitrogen and oxygen atoms in total. The zero-order chi connectivity index (χ0) is 10.6. The maximum absolute atomic E-state index is 13.0. The predicted octanol–water partition coefficient (Wildman–Crippen LogP) is 1.25. The Morgan fingerprint density at radius 3 is 2.29 bits per heavy atom. The smallest absolute Gasteiger partial charge is 0.129 e. The third-order valence-corrected chi connectivity index (χ3v) is 2.00. The first kappa shape index (κ1) is 11.1. The van der Waals surface area contributed by atoms with Crippen LogP contribution in [0.1, 0.15) is 12.0 Å². The van der Waals surface area contributed by atoms with E-state index in [2.05, 4.69) is 0 Å². The number of halogens is 2. The van der Waals surface area contributed by atoms with Crippen LogP contribution < -0.4 is 0 Å². The van der Waals surface area contributed by atoms with Crippen molar-refractivity contribution in [1.82, 2.24) is 0 Å². The molecule has 1 aromatic carbocycles. The quantitative estimate of drug-likeness (QED) is 0.771. The zero-order valence-corrected chi connectivity index (χ0v) is 7.58. The Bertz CT molecular complexity index is 282. The molecule has 4 heteroatoms. The van der Waals surface area contributed by atoms with Gasteiger partial charge in [0.2, 0.25) is 0 Å². The van der Waals surface area contributed by atoms with Crippen molar-refractivity contribution < 1.29 is 19.0 Å². The third kappa shape index (κ3) is 2.75. The lowest BCUT2D eigenvalue weighted by Crippen LogP contribution is -2.13. The second-order valence-corrected chi connectivity index (χ2v) is 3.08. The summed E-state index contributed by atoms with van der Waals surface area (Å²) in [5, 5.41) is 17.5. The molecule has 0 radical (unpaired) electrons. The summed E-state index contributed by atoms with van der Waals surface area (Å²) in [5.41, 5.74) is -0.0417. The summed E-state index contributed by atoms with van der Waals surface area (Å²) in [4.78, 5) is 0. The van der Waals surface area contributed by atoms with Crippen LogP contribution in [-0.4, -0.2) is 22.9 Å². The van der Waals surface area contributed by atoms with E-state index in [9.17, 15) is 8.78 Å². The van der Waals surface area contributed by atoms with Gasteiger partial charge in [-0.3, -0.25) is 0 Å². The summed E-state index contributed by atoms with van der Waals surface area (Å²) in [6, 6.07) is 3.63. The molecule has 0 aliphatic rings. The summed E-state index contributed by atoms with van der Waals surface area (Å²) in [6.07, 6.45) is -0.691. The van der Waals surface area contributed by atoms with E-state index in [1.807, 2.05) is 0 Å². The largest absolute Gasteiger partial charge is 0.394 e. The highest BCUT2D eigenvalue weighted by Gasteiger charge is 2.10. The monoisotopic (exact) mass is 202 g/mol. The van der Waals surface area contributed by atoms with Crippen LogP contribution in [0.5, 0.6) is 0 Å². The van der Waals surface area contributed by atoms with Gasteiger partial charge in [-0.25, -0.2) is 8.78 Å². The Hall–Kier alpha value is -1.00. The number of hydrogen-bond donors (Lipinski definition) is 2. The van der Waals surface area contributed by atoms with Crippen LogP contribution in [-0.2, 0) is 6.42 Å². The van der Waals surface area contributed by atoms with Gasteiger partial charge >= 0.3 is 0 Å². The fourth-order valence-corrected chi connectivity index (χ4v) is 1.17. The first-order chi connectivity index (χ1) is 6.65. The molecule has 78 valence electrons. The van der Waals surface area contributed by atoms with Crippen LogP contribution in [0.3, 0.4) is 0 Å². The third-order valence-electron chi connectivity index (χ3n) is 2.00. The van der Waals surface area contributed by atoms with Gasteiger partial charge in [0.25, 0.3) is 0 Å². The van der Waals surface area contributed by atoms with Gasteiger partial charge in [-0.2, -0.15) is 0 Å². The van der Waals surface area contributed by atoms with Crippen molar-refractivity contribution in [2.45, 2.75) is 18.9 Å². The Labute approximate surface area is 80.8 Å². The van der Waals surface area contributed by atoms with E-state index in [0.29, 0.717) is 0 Å². The molecule has 0 saturated heterocycles. The Morgan fingerprint density at radius 2 is 1.79 bits per heavy atom. The van der Waals surface area contributed by atoms with E-state index in [-0.39, 0.29) is 18.4 Å². The molecule has 14 heavy (non-hydrogen) atoms. The van der Waals surface area contributed by atoms with E-state index < -0.39 is 24.3 Å². The summed E-state index contributed by atoms with van der Waals surface area (Å²) in [7, 11) is 0. The molecule has 1 rings (SSSR count). The average Bonchev–Trinajstić information content (AvgIpc) is 2.16. The fraction of sp³-hybridized carbons (Fsp3) is 0.400. The molecule has 0 saturated carbocycles. The van der Waals surface area contributed by atoms with E-state index in [1.165, 1.54) is 18.2 Å². The minimum absolute atomic E-state index is 0.0417. The fourth-order valence-electron chi connectivity index (χ4n) is 1.17. The van der Waals surface area contributed by atoms with Crippen molar-refractivity contribution in [3.63, 3.8) is 0 Å². The Balaban J connectivity index is 2.66. The molecule has 0 bridgehead atoms. The maximum atomic E-state index is 13.0. The Kier molecular flexibility index (Phi) is 3.98. The van der Waals surface area contributed by atoms with Gasteiger partial charge in [-0.15, -0.1) is 0 Å². The van der Waals surface area contributed by atoms with E-state index in [4.69, 9.17) is 10.2 Å². The first-order valence-corrected chi connectivity index (χ1v) is 4.37. The van der Waals surface area contributed by atoms with Gasteiger partial charge in [-0.05, 0) is 25.0 Å². The highest BCUT2D eigenvalue weighted by atomic mass is 19.1. The number of hydrogen-bond acceptors (Lipinski definition) is 2. The van der Waals surface area contributed by atoms with Crippen LogP contribution in [0, 0.1) is 11.6 Å². The zero-order valence-electron chi connectivity index (χ0n) is 7.58. The minimum Gasteiger partial charge on any atom is -0.394 e. The van der Waals surface area contributed by atoms with Crippen molar-refractivity contribution >= 4 is 0 Å². The van der Waals surface area contributed by atoms with E-state index >= 15 is 0 Å². The van der Waals surface area contributed by atoms with Crippen molar-refractivity contribution in [1.29, 1.82) is 0 Å². The van der Waals surface area contributed by atoms with Gasteiger partial charge in [0.15, 0.2) is 0 Å². The van der Waals surface area contributed by atoms with E-state index in [0.717, 1.165) is 0 Å². The Morgan fingerprint density at radius 1 is 1.21 bits per heavy atom. The molecular weight excluding hydrogens is 190 g/mol. The van der Waals surface area contributed by atoms with Crippen LogP contribution in [0.25, 0.3) is 0 Å². The molecule has 1 aromatic rings. The summed E-state index contributed by atoms with van der Waals surface area (Å²) < 4.78 is 26.0. The normalized spacial score (nSPS) is 12.9. The van der Waals surface area contributed by atoms with Gasteiger partial charge < -0.3 is 10.2 Å². The average molecular weight is 202 g/mol. The maximum Gasteiger partial charge on any atom is 0.129 e. The van der Waals surface area contributed by atoms with Gasteiger partial charge in [0, 0.05) is 5.56 Å². The lowest BCUT2D eigenvalue weighted by Gasteiger charge is -2.08. The lowest BCUT2D eigenvalue weighted by atomic mass is 10.1. The molecule has 0 aromatic heterocycles. The molecule has 0 heterocycles. The van der Waals surface area contributed by atoms with Gasteiger partial charge in [-0.1, -0.05) is 6.07 Å². The highest BCUT2D eigenvalue weighted by molar-refractivity contribution is 5.19. The second-order valence-electron chi connectivity index (χ2n) is 3.08. The SMILES string of the molecule is OCC(O)CCc1c(F)cccc1F. The first-order valence-electron chi connectivity index (χ1n) is 4.37.